The molecule has 0 fully saturated rings. The molecule has 0 saturated heterocycles. The van der Waals surface area contributed by atoms with Crippen molar-refractivity contribution in [3.8, 4) is 22.3 Å². The van der Waals surface area contributed by atoms with Gasteiger partial charge in [0.25, 0.3) is 0 Å². The Morgan fingerprint density at radius 1 is 0.444 bits per heavy atom. The summed E-state index contributed by atoms with van der Waals surface area (Å²) in [6.45, 7) is 0. The SMILES string of the molecule is O=c1c2ccccc2oc2ccc(-c3cccc(-c4ccc5sc6ccccc6c(=O)c5c4)c3)cc12. The quantitative estimate of drug-likeness (QED) is 0.235. The van der Waals surface area contributed by atoms with Gasteiger partial charge in [-0.05, 0) is 76.9 Å². The van der Waals surface area contributed by atoms with Crippen molar-refractivity contribution in [1.29, 1.82) is 0 Å². The molecule has 2 aromatic heterocycles. The van der Waals surface area contributed by atoms with Crippen molar-refractivity contribution in [3.63, 3.8) is 0 Å². The topological polar surface area (TPSA) is 47.3 Å². The van der Waals surface area contributed by atoms with Gasteiger partial charge in [-0.25, -0.2) is 0 Å². The molecule has 36 heavy (non-hydrogen) atoms. The van der Waals surface area contributed by atoms with Gasteiger partial charge in [-0.2, -0.15) is 0 Å². The van der Waals surface area contributed by atoms with Crippen molar-refractivity contribution < 1.29 is 4.42 Å². The van der Waals surface area contributed by atoms with Crippen molar-refractivity contribution in [2.75, 3.05) is 0 Å². The van der Waals surface area contributed by atoms with E-state index in [1.807, 2.05) is 91.0 Å². The zero-order chi connectivity index (χ0) is 24.2. The summed E-state index contributed by atoms with van der Waals surface area (Å²) in [6, 6.07) is 35.1. The molecule has 170 valence electrons. The lowest BCUT2D eigenvalue weighted by Crippen LogP contribution is -2.02. The summed E-state index contributed by atoms with van der Waals surface area (Å²) in [5.74, 6) is 0. The van der Waals surface area contributed by atoms with E-state index < -0.39 is 0 Å². The lowest BCUT2D eigenvalue weighted by Gasteiger charge is -2.09. The molecule has 0 aliphatic heterocycles. The van der Waals surface area contributed by atoms with Gasteiger partial charge in [0.05, 0.1) is 10.8 Å². The van der Waals surface area contributed by atoms with Crippen LogP contribution in [0.2, 0.25) is 0 Å². The maximum absolute atomic E-state index is 13.2. The molecule has 7 aromatic rings. The van der Waals surface area contributed by atoms with Crippen LogP contribution in [0.1, 0.15) is 0 Å². The third-order valence-corrected chi connectivity index (χ3v) is 7.83. The predicted octanol–water partition coefficient (Wildman–Crippen LogP) is 8.01. The summed E-state index contributed by atoms with van der Waals surface area (Å²) in [6.07, 6.45) is 0. The van der Waals surface area contributed by atoms with Crippen LogP contribution in [0.4, 0.5) is 0 Å². The molecule has 0 N–H and O–H groups in total. The molecule has 0 aliphatic rings. The Labute approximate surface area is 209 Å². The highest BCUT2D eigenvalue weighted by Gasteiger charge is 2.11. The molecule has 5 aromatic carbocycles. The first-order valence-electron chi connectivity index (χ1n) is 11.7. The first-order valence-corrected chi connectivity index (χ1v) is 12.5. The van der Waals surface area contributed by atoms with Crippen molar-refractivity contribution in [3.05, 3.63) is 130 Å². The molecular weight excluding hydrogens is 464 g/mol. The highest BCUT2D eigenvalue weighted by molar-refractivity contribution is 7.24. The zero-order valence-corrected chi connectivity index (χ0v) is 19.8. The zero-order valence-electron chi connectivity index (χ0n) is 19.0. The Hall–Kier alpha value is -4.54. The highest BCUT2D eigenvalue weighted by atomic mass is 32.1. The van der Waals surface area contributed by atoms with E-state index in [9.17, 15) is 9.59 Å². The fourth-order valence-electron chi connectivity index (χ4n) is 4.84. The van der Waals surface area contributed by atoms with E-state index in [1.165, 1.54) is 0 Å². The Morgan fingerprint density at radius 2 is 1.03 bits per heavy atom. The van der Waals surface area contributed by atoms with Gasteiger partial charge in [0.15, 0.2) is 5.43 Å². The minimum absolute atomic E-state index is 0.0316. The van der Waals surface area contributed by atoms with Crippen molar-refractivity contribution >= 4 is 53.4 Å². The first kappa shape index (κ1) is 20.8. The van der Waals surface area contributed by atoms with Gasteiger partial charge < -0.3 is 4.42 Å². The van der Waals surface area contributed by atoms with Crippen molar-refractivity contribution in [2.45, 2.75) is 0 Å². The average molecular weight is 483 g/mol. The van der Waals surface area contributed by atoms with Gasteiger partial charge in [0, 0.05) is 20.2 Å². The maximum Gasteiger partial charge on any atom is 0.200 e. The van der Waals surface area contributed by atoms with E-state index in [1.54, 1.807) is 17.4 Å². The van der Waals surface area contributed by atoms with Gasteiger partial charge in [0.1, 0.15) is 11.2 Å². The summed E-state index contributed by atoms with van der Waals surface area (Å²) < 4.78 is 7.94. The molecule has 3 nitrogen and oxygen atoms in total. The van der Waals surface area contributed by atoms with Gasteiger partial charge >= 0.3 is 0 Å². The third-order valence-electron chi connectivity index (χ3n) is 6.68. The fourth-order valence-corrected chi connectivity index (χ4v) is 5.90. The average Bonchev–Trinajstić information content (AvgIpc) is 2.93. The molecule has 0 amide bonds. The number of fused-ring (bicyclic) bond motifs is 4. The number of para-hydroxylation sites is 1. The molecule has 4 heteroatoms. The molecule has 0 saturated carbocycles. The van der Waals surface area contributed by atoms with Crippen LogP contribution < -0.4 is 10.9 Å². The van der Waals surface area contributed by atoms with Crippen LogP contribution >= 0.6 is 11.3 Å². The second kappa shape index (κ2) is 8.01. The third kappa shape index (κ3) is 3.27. The second-order valence-electron chi connectivity index (χ2n) is 8.86. The van der Waals surface area contributed by atoms with E-state index in [-0.39, 0.29) is 10.9 Å². The largest absolute Gasteiger partial charge is 0.456 e. The molecule has 0 atom stereocenters. The molecule has 0 unspecified atom stereocenters. The normalized spacial score (nSPS) is 11.6. The number of hydrogen-bond acceptors (Lipinski definition) is 4. The van der Waals surface area contributed by atoms with E-state index in [0.717, 1.165) is 42.4 Å². The molecule has 0 spiro atoms. The van der Waals surface area contributed by atoms with Gasteiger partial charge in [-0.3, -0.25) is 9.59 Å². The molecule has 0 aliphatic carbocycles. The van der Waals surface area contributed by atoms with Crippen molar-refractivity contribution in [2.24, 2.45) is 0 Å². The fraction of sp³-hybridized carbons (Fsp3) is 0. The molecule has 7 rings (SSSR count). The molecule has 2 heterocycles. The Morgan fingerprint density at radius 3 is 1.86 bits per heavy atom. The van der Waals surface area contributed by atoms with Gasteiger partial charge in [-0.1, -0.05) is 54.6 Å². The minimum atomic E-state index is -0.0316. The maximum atomic E-state index is 13.2. The van der Waals surface area contributed by atoms with Crippen LogP contribution in [0, 0.1) is 0 Å². The lowest BCUT2D eigenvalue weighted by atomic mass is 9.97. The molecular formula is C32H18O3S. The molecule has 0 bridgehead atoms. The summed E-state index contributed by atoms with van der Waals surface area (Å²) >= 11 is 1.63. The van der Waals surface area contributed by atoms with Crippen LogP contribution in [-0.2, 0) is 0 Å². The number of rotatable bonds is 2. The summed E-state index contributed by atoms with van der Waals surface area (Å²) in [5.41, 5.74) is 5.11. The predicted molar refractivity (Wildman–Crippen MR) is 150 cm³/mol. The molecule has 0 radical (unpaired) electrons. The second-order valence-corrected chi connectivity index (χ2v) is 9.94. The standard InChI is InChI=1S/C32H18O3S/c33-31-23-8-1-3-10-27(23)35-28-14-12-21(17-25(28)31)19-6-5-7-20(16-19)22-13-15-30-26(18-22)32(34)24-9-2-4-11-29(24)36-30/h1-18H. The lowest BCUT2D eigenvalue weighted by molar-refractivity contribution is 0.660. The number of hydrogen-bond donors (Lipinski definition) is 0. The smallest absolute Gasteiger partial charge is 0.200 e. The Balaban J connectivity index is 1.36. The minimum Gasteiger partial charge on any atom is -0.456 e. The van der Waals surface area contributed by atoms with Gasteiger partial charge in [0.2, 0.25) is 5.43 Å². The first-order chi connectivity index (χ1) is 17.7. The van der Waals surface area contributed by atoms with E-state index in [2.05, 4.69) is 12.1 Å². The summed E-state index contributed by atoms with van der Waals surface area (Å²) in [4.78, 5) is 26.3. The number of benzene rings is 5. The van der Waals surface area contributed by atoms with Crippen LogP contribution in [0.25, 0.3) is 64.4 Å². The van der Waals surface area contributed by atoms with E-state index in [0.29, 0.717) is 21.9 Å². The van der Waals surface area contributed by atoms with Crippen molar-refractivity contribution in [1.82, 2.24) is 0 Å². The summed E-state index contributed by atoms with van der Waals surface area (Å²) in [7, 11) is 0. The Kier molecular flexibility index (Phi) is 4.63. The van der Waals surface area contributed by atoms with Crippen LogP contribution in [0.5, 0.6) is 0 Å². The van der Waals surface area contributed by atoms with Gasteiger partial charge in [-0.15, -0.1) is 11.3 Å². The van der Waals surface area contributed by atoms with Crippen LogP contribution in [0.3, 0.4) is 0 Å². The van der Waals surface area contributed by atoms with E-state index in [4.69, 9.17) is 4.42 Å². The van der Waals surface area contributed by atoms with Crippen LogP contribution in [-0.4, -0.2) is 0 Å². The highest BCUT2D eigenvalue weighted by Crippen LogP contribution is 2.32. The van der Waals surface area contributed by atoms with E-state index >= 15 is 0 Å². The monoisotopic (exact) mass is 482 g/mol. The summed E-state index contributed by atoms with van der Waals surface area (Å²) in [5, 5.41) is 2.63. The Bertz CT molecular complexity index is 1950. The van der Waals surface area contributed by atoms with Crippen LogP contribution in [0.15, 0.2) is 123 Å².